The van der Waals surface area contributed by atoms with Gasteiger partial charge in [0.15, 0.2) is 0 Å². The van der Waals surface area contributed by atoms with E-state index in [2.05, 4.69) is 37.9 Å². The molecule has 0 saturated carbocycles. The highest BCUT2D eigenvalue weighted by Crippen LogP contribution is 2.38. The van der Waals surface area contributed by atoms with E-state index in [0.717, 1.165) is 36.6 Å². The van der Waals surface area contributed by atoms with Crippen molar-refractivity contribution in [2.75, 3.05) is 6.54 Å². The van der Waals surface area contributed by atoms with Gasteiger partial charge in [0.25, 0.3) is 0 Å². The molecule has 2 aliphatic heterocycles. The van der Waals surface area contributed by atoms with Crippen LogP contribution in [0.4, 0.5) is 0 Å². The van der Waals surface area contributed by atoms with Crippen molar-refractivity contribution in [2.24, 2.45) is 5.92 Å². The van der Waals surface area contributed by atoms with Gasteiger partial charge in [-0.3, -0.25) is 4.90 Å². The maximum atomic E-state index is 3.68. The van der Waals surface area contributed by atoms with E-state index in [1.807, 2.05) is 0 Å². The van der Waals surface area contributed by atoms with Gasteiger partial charge in [0.05, 0.1) is 0 Å². The van der Waals surface area contributed by atoms with Gasteiger partial charge in [-0.25, -0.2) is 0 Å². The Morgan fingerprint density at radius 2 is 1.68 bits per heavy atom. The van der Waals surface area contributed by atoms with Crippen LogP contribution in [0.5, 0.6) is 0 Å². The second-order valence-corrected chi connectivity index (χ2v) is 7.23. The van der Waals surface area contributed by atoms with Gasteiger partial charge in [0.1, 0.15) is 0 Å². The molecule has 3 atom stereocenters. The lowest BCUT2D eigenvalue weighted by Crippen LogP contribution is -2.52. The molecule has 2 saturated heterocycles. The van der Waals surface area contributed by atoms with Crippen molar-refractivity contribution < 1.29 is 0 Å². The van der Waals surface area contributed by atoms with Crippen molar-refractivity contribution in [1.29, 1.82) is 0 Å². The predicted molar refractivity (Wildman–Crippen MR) is 83.5 cm³/mol. The van der Waals surface area contributed by atoms with Gasteiger partial charge in [0, 0.05) is 24.2 Å². The molecule has 1 N–H and O–H groups in total. The predicted octanol–water partition coefficient (Wildman–Crippen LogP) is 3.81. The van der Waals surface area contributed by atoms with Gasteiger partial charge in [-0.15, -0.1) is 0 Å². The number of nitrogens with one attached hydrogen (secondary N) is 1. The van der Waals surface area contributed by atoms with Crippen LogP contribution in [0, 0.1) is 5.92 Å². The topological polar surface area (TPSA) is 15.3 Å². The molecule has 19 heavy (non-hydrogen) atoms. The van der Waals surface area contributed by atoms with E-state index in [4.69, 9.17) is 0 Å². The minimum absolute atomic E-state index is 0.793. The van der Waals surface area contributed by atoms with Gasteiger partial charge in [-0.2, -0.15) is 0 Å². The van der Waals surface area contributed by atoms with Crippen LogP contribution >= 0.6 is 0 Å². The van der Waals surface area contributed by atoms with Crippen LogP contribution in [-0.4, -0.2) is 35.6 Å². The summed E-state index contributed by atoms with van der Waals surface area (Å²) in [6.45, 7) is 10.5. The highest BCUT2D eigenvalue weighted by molar-refractivity contribution is 4.99. The van der Waals surface area contributed by atoms with Crippen molar-refractivity contribution in [3.05, 3.63) is 0 Å². The molecule has 0 radical (unpaired) electrons. The van der Waals surface area contributed by atoms with E-state index in [-0.39, 0.29) is 0 Å². The average Bonchev–Trinajstić information content (AvgIpc) is 2.61. The van der Waals surface area contributed by atoms with Crippen molar-refractivity contribution >= 4 is 0 Å². The van der Waals surface area contributed by atoms with E-state index >= 15 is 0 Å². The monoisotopic (exact) mass is 266 g/mol. The Kier molecular flexibility index (Phi) is 5.70. The summed E-state index contributed by atoms with van der Waals surface area (Å²) in [6, 6.07) is 3.34. The third-order valence-electron chi connectivity index (χ3n) is 5.19. The fraction of sp³-hybridized carbons (Fsp3) is 1.00. The SMILES string of the molecule is CCNC1CC2CCC(C1)N2C(C)CCCC(C)C. The molecule has 2 nitrogen and oxygen atoms in total. The van der Waals surface area contributed by atoms with Crippen molar-refractivity contribution in [3.8, 4) is 0 Å². The van der Waals surface area contributed by atoms with Crippen molar-refractivity contribution in [2.45, 2.75) is 96.8 Å². The molecule has 2 bridgehead atoms. The van der Waals surface area contributed by atoms with Crippen LogP contribution < -0.4 is 5.32 Å². The molecule has 112 valence electrons. The normalized spacial score (nSPS) is 33.0. The molecule has 0 aromatic heterocycles. The highest BCUT2D eigenvalue weighted by atomic mass is 15.3. The lowest BCUT2D eigenvalue weighted by atomic mass is 9.94. The summed E-state index contributed by atoms with van der Waals surface area (Å²) < 4.78 is 0. The summed E-state index contributed by atoms with van der Waals surface area (Å²) in [5, 5.41) is 3.68. The zero-order chi connectivity index (χ0) is 13.8. The summed E-state index contributed by atoms with van der Waals surface area (Å²) in [7, 11) is 0. The molecule has 0 aromatic carbocycles. The van der Waals surface area contributed by atoms with Gasteiger partial charge in [-0.05, 0) is 51.5 Å². The van der Waals surface area contributed by atoms with Gasteiger partial charge >= 0.3 is 0 Å². The van der Waals surface area contributed by atoms with Crippen LogP contribution in [0.25, 0.3) is 0 Å². The van der Waals surface area contributed by atoms with Gasteiger partial charge < -0.3 is 5.32 Å². The number of fused-ring (bicyclic) bond motifs is 2. The van der Waals surface area contributed by atoms with Crippen LogP contribution in [0.2, 0.25) is 0 Å². The number of hydrogen-bond acceptors (Lipinski definition) is 2. The standard InChI is InChI=1S/C17H34N2/c1-5-18-15-11-16-9-10-17(12-15)19(16)14(4)8-6-7-13(2)3/h13-18H,5-12H2,1-4H3. The van der Waals surface area contributed by atoms with Crippen molar-refractivity contribution in [1.82, 2.24) is 10.2 Å². The van der Waals surface area contributed by atoms with E-state index in [0.29, 0.717) is 0 Å². The summed E-state index contributed by atoms with van der Waals surface area (Å²) in [4.78, 5) is 2.88. The largest absolute Gasteiger partial charge is 0.314 e. The first-order valence-electron chi connectivity index (χ1n) is 8.62. The third-order valence-corrected chi connectivity index (χ3v) is 5.19. The fourth-order valence-electron chi connectivity index (χ4n) is 4.36. The Morgan fingerprint density at radius 3 is 2.21 bits per heavy atom. The molecule has 3 unspecified atom stereocenters. The Hall–Kier alpha value is -0.0800. The maximum absolute atomic E-state index is 3.68. The van der Waals surface area contributed by atoms with E-state index in [1.165, 1.54) is 44.9 Å². The number of nitrogens with zero attached hydrogens (tertiary/aromatic N) is 1. The summed E-state index contributed by atoms with van der Waals surface area (Å²) >= 11 is 0. The van der Waals surface area contributed by atoms with Crippen molar-refractivity contribution in [3.63, 3.8) is 0 Å². The maximum Gasteiger partial charge on any atom is 0.0116 e. The molecule has 2 rings (SSSR count). The van der Waals surface area contributed by atoms with Crippen LogP contribution in [0.15, 0.2) is 0 Å². The molecule has 2 aliphatic rings. The molecule has 2 fully saturated rings. The molecular weight excluding hydrogens is 232 g/mol. The number of rotatable bonds is 7. The second kappa shape index (κ2) is 7.08. The molecule has 2 heteroatoms. The first kappa shape index (κ1) is 15.3. The number of hydrogen-bond donors (Lipinski definition) is 1. The molecular formula is C17H34N2. The number of piperidine rings is 1. The van der Waals surface area contributed by atoms with Crippen LogP contribution in [0.3, 0.4) is 0 Å². The molecule has 0 spiro atoms. The Bertz CT molecular complexity index is 250. The summed E-state index contributed by atoms with van der Waals surface area (Å²) in [5.41, 5.74) is 0. The molecule has 2 heterocycles. The third kappa shape index (κ3) is 3.95. The zero-order valence-corrected chi connectivity index (χ0v) is 13.5. The smallest absolute Gasteiger partial charge is 0.0116 e. The second-order valence-electron chi connectivity index (χ2n) is 7.23. The minimum Gasteiger partial charge on any atom is -0.314 e. The fourth-order valence-corrected chi connectivity index (χ4v) is 4.36. The lowest BCUT2D eigenvalue weighted by molar-refractivity contribution is 0.0722. The molecule has 0 aromatic rings. The van der Waals surface area contributed by atoms with E-state index < -0.39 is 0 Å². The summed E-state index contributed by atoms with van der Waals surface area (Å²) in [6.07, 6.45) is 9.87. The van der Waals surface area contributed by atoms with Crippen LogP contribution in [0.1, 0.15) is 72.6 Å². The average molecular weight is 266 g/mol. The minimum atomic E-state index is 0.793. The Balaban J connectivity index is 1.81. The first-order valence-corrected chi connectivity index (χ1v) is 8.62. The van der Waals surface area contributed by atoms with Crippen LogP contribution in [-0.2, 0) is 0 Å². The van der Waals surface area contributed by atoms with Gasteiger partial charge in [0.2, 0.25) is 0 Å². The van der Waals surface area contributed by atoms with E-state index in [1.54, 1.807) is 0 Å². The quantitative estimate of drug-likeness (QED) is 0.754. The molecule has 0 amide bonds. The lowest BCUT2D eigenvalue weighted by Gasteiger charge is -2.43. The van der Waals surface area contributed by atoms with E-state index in [9.17, 15) is 0 Å². The van der Waals surface area contributed by atoms with Gasteiger partial charge in [-0.1, -0.05) is 33.6 Å². The highest BCUT2D eigenvalue weighted by Gasteiger charge is 2.42. The zero-order valence-electron chi connectivity index (χ0n) is 13.5. The summed E-state index contributed by atoms with van der Waals surface area (Å²) in [5.74, 6) is 0.864. The Labute approximate surface area is 120 Å². The molecule has 0 aliphatic carbocycles. The Morgan fingerprint density at radius 1 is 1.05 bits per heavy atom. The first-order chi connectivity index (χ1) is 9.11.